The highest BCUT2D eigenvalue weighted by Crippen LogP contribution is 2.22. The van der Waals surface area contributed by atoms with Crippen LogP contribution in [0.15, 0.2) is 28.8 Å². The molecule has 0 atom stereocenters. The predicted octanol–water partition coefficient (Wildman–Crippen LogP) is 1.47. The summed E-state index contributed by atoms with van der Waals surface area (Å²) in [6.45, 7) is 7.05. The maximum atomic E-state index is 5.62. The van der Waals surface area contributed by atoms with Crippen LogP contribution in [0.2, 0.25) is 0 Å². The number of nitrogens with zero attached hydrogens (tertiary/aromatic N) is 4. The monoisotopic (exact) mass is 305 g/mol. The number of rotatable bonds is 4. The Kier molecular flexibility index (Phi) is 4.59. The fourth-order valence-electron chi connectivity index (χ4n) is 1.44. The van der Waals surface area contributed by atoms with E-state index in [1.807, 2.05) is 0 Å². The van der Waals surface area contributed by atoms with E-state index in [9.17, 15) is 0 Å². The fraction of sp³-hybridized carbons (Fsp3) is 0.385. The summed E-state index contributed by atoms with van der Waals surface area (Å²) in [7, 11) is 0. The Labute approximate surface area is 128 Å². The van der Waals surface area contributed by atoms with Gasteiger partial charge in [-0.1, -0.05) is 0 Å². The number of nitrogen functional groups attached to an aromatic ring is 2. The lowest BCUT2D eigenvalue weighted by Gasteiger charge is -2.20. The molecule has 0 aliphatic heterocycles. The Morgan fingerprint density at radius 3 is 2.14 bits per heavy atom. The van der Waals surface area contributed by atoms with Crippen molar-refractivity contribution >= 4 is 23.4 Å². The SMILES string of the molecule is CC(C)(C)NCc1cnc(Sc2nc(N)cc(N)n2)nc1. The minimum atomic E-state index is 0.0559. The van der Waals surface area contributed by atoms with Gasteiger partial charge in [0.1, 0.15) is 11.6 Å². The molecule has 0 aliphatic carbocycles. The van der Waals surface area contributed by atoms with Gasteiger partial charge < -0.3 is 16.8 Å². The average Bonchev–Trinajstić information content (AvgIpc) is 2.36. The van der Waals surface area contributed by atoms with Gasteiger partial charge in [-0.3, -0.25) is 0 Å². The summed E-state index contributed by atoms with van der Waals surface area (Å²) >= 11 is 1.22. The second-order valence-electron chi connectivity index (χ2n) is 5.58. The lowest BCUT2D eigenvalue weighted by molar-refractivity contribution is 0.423. The molecule has 0 saturated heterocycles. The van der Waals surface area contributed by atoms with E-state index in [2.05, 4.69) is 46.0 Å². The molecule has 2 aromatic rings. The Morgan fingerprint density at radius 1 is 1.05 bits per heavy atom. The maximum Gasteiger partial charge on any atom is 0.199 e. The molecule has 21 heavy (non-hydrogen) atoms. The minimum absolute atomic E-state index is 0.0559. The van der Waals surface area contributed by atoms with Crippen LogP contribution >= 0.6 is 11.8 Å². The number of nitrogens with one attached hydrogen (secondary N) is 1. The maximum absolute atomic E-state index is 5.62. The number of hydrogen-bond donors (Lipinski definition) is 3. The molecule has 0 fully saturated rings. The molecule has 2 aromatic heterocycles. The molecule has 112 valence electrons. The van der Waals surface area contributed by atoms with Crippen LogP contribution in [-0.2, 0) is 6.54 Å². The summed E-state index contributed by atoms with van der Waals surface area (Å²) < 4.78 is 0. The van der Waals surface area contributed by atoms with Gasteiger partial charge in [0.05, 0.1) is 0 Å². The highest BCUT2D eigenvalue weighted by Gasteiger charge is 2.09. The molecule has 0 bridgehead atoms. The zero-order valence-electron chi connectivity index (χ0n) is 12.3. The molecular formula is C13H19N7S. The van der Waals surface area contributed by atoms with Crippen molar-refractivity contribution in [1.82, 2.24) is 25.3 Å². The molecule has 2 heterocycles. The van der Waals surface area contributed by atoms with E-state index in [1.165, 1.54) is 17.8 Å². The molecule has 5 N–H and O–H groups in total. The van der Waals surface area contributed by atoms with Gasteiger partial charge in [-0.2, -0.15) is 0 Å². The Morgan fingerprint density at radius 2 is 1.62 bits per heavy atom. The van der Waals surface area contributed by atoms with Gasteiger partial charge in [-0.25, -0.2) is 19.9 Å². The van der Waals surface area contributed by atoms with Crippen LogP contribution in [0.25, 0.3) is 0 Å². The van der Waals surface area contributed by atoms with Crippen molar-refractivity contribution in [1.29, 1.82) is 0 Å². The van der Waals surface area contributed by atoms with Crippen LogP contribution in [0.1, 0.15) is 26.3 Å². The van der Waals surface area contributed by atoms with Crippen LogP contribution < -0.4 is 16.8 Å². The summed E-state index contributed by atoms with van der Waals surface area (Å²) in [4.78, 5) is 16.7. The minimum Gasteiger partial charge on any atom is -0.383 e. The van der Waals surface area contributed by atoms with E-state index in [0.717, 1.165) is 12.1 Å². The zero-order chi connectivity index (χ0) is 15.5. The highest BCUT2D eigenvalue weighted by atomic mass is 32.2. The summed E-state index contributed by atoms with van der Waals surface area (Å²) in [5.74, 6) is 0.659. The van der Waals surface area contributed by atoms with Crippen LogP contribution in [0, 0.1) is 0 Å². The van der Waals surface area contributed by atoms with Gasteiger partial charge >= 0.3 is 0 Å². The number of anilines is 2. The molecular weight excluding hydrogens is 286 g/mol. The van der Waals surface area contributed by atoms with Crippen molar-refractivity contribution in [3.63, 3.8) is 0 Å². The summed E-state index contributed by atoms with van der Waals surface area (Å²) in [5, 5.41) is 4.37. The van der Waals surface area contributed by atoms with Crippen LogP contribution in [-0.4, -0.2) is 25.5 Å². The van der Waals surface area contributed by atoms with E-state index in [0.29, 0.717) is 21.9 Å². The van der Waals surface area contributed by atoms with Gasteiger partial charge in [-0.15, -0.1) is 0 Å². The van der Waals surface area contributed by atoms with Crippen molar-refractivity contribution in [2.75, 3.05) is 11.5 Å². The summed E-state index contributed by atoms with van der Waals surface area (Å²) in [6.07, 6.45) is 3.56. The van der Waals surface area contributed by atoms with E-state index in [-0.39, 0.29) is 5.54 Å². The molecule has 0 unspecified atom stereocenters. The summed E-state index contributed by atoms with van der Waals surface area (Å²) in [5.41, 5.74) is 12.3. The molecule has 0 spiro atoms. The third-order valence-electron chi connectivity index (χ3n) is 2.43. The molecule has 0 radical (unpaired) electrons. The number of hydrogen-bond acceptors (Lipinski definition) is 8. The largest absolute Gasteiger partial charge is 0.383 e. The Bertz CT molecular complexity index is 587. The van der Waals surface area contributed by atoms with Gasteiger partial charge in [-0.05, 0) is 32.5 Å². The van der Waals surface area contributed by atoms with Gasteiger partial charge in [0.15, 0.2) is 10.3 Å². The molecule has 7 nitrogen and oxygen atoms in total. The van der Waals surface area contributed by atoms with Crippen LogP contribution in [0.5, 0.6) is 0 Å². The second-order valence-corrected chi connectivity index (χ2v) is 6.51. The normalized spacial score (nSPS) is 11.6. The third-order valence-corrected chi connectivity index (χ3v) is 3.19. The van der Waals surface area contributed by atoms with E-state index >= 15 is 0 Å². The average molecular weight is 305 g/mol. The first kappa shape index (κ1) is 15.5. The van der Waals surface area contributed by atoms with Gasteiger partial charge in [0, 0.05) is 36.1 Å². The van der Waals surface area contributed by atoms with Crippen molar-refractivity contribution < 1.29 is 0 Å². The topological polar surface area (TPSA) is 116 Å². The molecule has 0 aliphatic rings. The zero-order valence-corrected chi connectivity index (χ0v) is 13.1. The van der Waals surface area contributed by atoms with Crippen LogP contribution in [0.4, 0.5) is 11.6 Å². The lowest BCUT2D eigenvalue weighted by Crippen LogP contribution is -2.35. The fourth-order valence-corrected chi connectivity index (χ4v) is 2.12. The predicted molar refractivity (Wildman–Crippen MR) is 83.6 cm³/mol. The first-order valence-electron chi connectivity index (χ1n) is 6.46. The van der Waals surface area contributed by atoms with E-state index < -0.39 is 0 Å². The number of aromatic nitrogens is 4. The first-order valence-corrected chi connectivity index (χ1v) is 7.27. The van der Waals surface area contributed by atoms with Crippen molar-refractivity contribution in [3.05, 3.63) is 24.0 Å². The Hall–Kier alpha value is -1.93. The van der Waals surface area contributed by atoms with E-state index in [1.54, 1.807) is 12.4 Å². The Balaban J connectivity index is 2.02. The molecule has 0 amide bonds. The van der Waals surface area contributed by atoms with Crippen molar-refractivity contribution in [2.45, 2.75) is 43.2 Å². The molecule has 0 saturated carbocycles. The molecule has 2 rings (SSSR count). The molecule has 8 heteroatoms. The standard InChI is InChI=1S/C13H19N7S/c1-13(2,3)18-7-8-5-16-11(17-6-8)21-12-19-9(14)4-10(15)20-12/h4-6,18H,7H2,1-3H3,(H4,14,15,19,20). The van der Waals surface area contributed by atoms with Crippen molar-refractivity contribution in [3.8, 4) is 0 Å². The highest BCUT2D eigenvalue weighted by molar-refractivity contribution is 7.99. The third kappa shape index (κ3) is 5.16. The number of nitrogens with two attached hydrogens (primary N) is 2. The van der Waals surface area contributed by atoms with E-state index in [4.69, 9.17) is 11.5 Å². The summed E-state index contributed by atoms with van der Waals surface area (Å²) in [6, 6.07) is 1.51. The van der Waals surface area contributed by atoms with Crippen molar-refractivity contribution in [2.24, 2.45) is 0 Å². The second kappa shape index (κ2) is 6.23. The lowest BCUT2D eigenvalue weighted by atomic mass is 10.1. The van der Waals surface area contributed by atoms with Crippen LogP contribution in [0.3, 0.4) is 0 Å². The smallest absolute Gasteiger partial charge is 0.199 e. The van der Waals surface area contributed by atoms with Gasteiger partial charge in [0.2, 0.25) is 0 Å². The molecule has 0 aromatic carbocycles. The van der Waals surface area contributed by atoms with Gasteiger partial charge in [0.25, 0.3) is 0 Å². The first-order chi connectivity index (χ1) is 9.82. The quantitative estimate of drug-likeness (QED) is 0.727.